The molecule has 0 aromatic carbocycles. The third kappa shape index (κ3) is 3.81. The SMILES string of the molecule is NC1(c2ccncc2)CCCC1.O=C(O)C(=O)O. The smallest absolute Gasteiger partial charge is 0.414 e. The van der Waals surface area contributed by atoms with E-state index in [9.17, 15) is 0 Å². The van der Waals surface area contributed by atoms with Gasteiger partial charge < -0.3 is 15.9 Å². The summed E-state index contributed by atoms with van der Waals surface area (Å²) < 4.78 is 0. The lowest BCUT2D eigenvalue weighted by molar-refractivity contribution is -0.159. The van der Waals surface area contributed by atoms with Gasteiger partial charge in [0.05, 0.1) is 0 Å². The average molecular weight is 252 g/mol. The lowest BCUT2D eigenvalue weighted by Gasteiger charge is -2.23. The van der Waals surface area contributed by atoms with Gasteiger partial charge in [-0.1, -0.05) is 12.8 Å². The summed E-state index contributed by atoms with van der Waals surface area (Å²) in [6, 6.07) is 4.07. The van der Waals surface area contributed by atoms with Crippen LogP contribution in [0.2, 0.25) is 0 Å². The zero-order valence-corrected chi connectivity index (χ0v) is 9.87. The number of aromatic nitrogens is 1. The van der Waals surface area contributed by atoms with Crippen molar-refractivity contribution in [2.24, 2.45) is 5.73 Å². The van der Waals surface area contributed by atoms with Crippen molar-refractivity contribution >= 4 is 11.9 Å². The largest absolute Gasteiger partial charge is 0.473 e. The topological polar surface area (TPSA) is 114 Å². The van der Waals surface area contributed by atoms with Crippen LogP contribution in [0.25, 0.3) is 0 Å². The Morgan fingerprint density at radius 1 is 1.11 bits per heavy atom. The molecule has 18 heavy (non-hydrogen) atoms. The van der Waals surface area contributed by atoms with Crippen molar-refractivity contribution in [2.75, 3.05) is 0 Å². The van der Waals surface area contributed by atoms with Crippen molar-refractivity contribution in [1.82, 2.24) is 4.98 Å². The summed E-state index contributed by atoms with van der Waals surface area (Å²) >= 11 is 0. The molecule has 1 fully saturated rings. The molecule has 0 unspecified atom stereocenters. The van der Waals surface area contributed by atoms with Gasteiger partial charge in [-0.05, 0) is 30.5 Å². The number of nitrogens with zero attached hydrogens (tertiary/aromatic N) is 1. The van der Waals surface area contributed by atoms with Gasteiger partial charge in [0.25, 0.3) is 0 Å². The summed E-state index contributed by atoms with van der Waals surface area (Å²) in [6.07, 6.45) is 8.41. The predicted octanol–water partition coefficient (Wildman–Crippen LogP) is 0.965. The van der Waals surface area contributed by atoms with Crippen molar-refractivity contribution in [3.63, 3.8) is 0 Å². The third-order valence-corrected chi connectivity index (χ3v) is 2.93. The van der Waals surface area contributed by atoms with Gasteiger partial charge in [0.2, 0.25) is 0 Å². The number of hydrogen-bond acceptors (Lipinski definition) is 4. The summed E-state index contributed by atoms with van der Waals surface area (Å²) in [6.45, 7) is 0. The van der Waals surface area contributed by atoms with Gasteiger partial charge >= 0.3 is 11.9 Å². The van der Waals surface area contributed by atoms with Crippen molar-refractivity contribution in [3.05, 3.63) is 30.1 Å². The molecule has 0 saturated heterocycles. The minimum atomic E-state index is -1.82. The van der Waals surface area contributed by atoms with Crippen LogP contribution in [-0.2, 0) is 15.1 Å². The van der Waals surface area contributed by atoms with Gasteiger partial charge in [0.15, 0.2) is 0 Å². The Morgan fingerprint density at radius 2 is 1.56 bits per heavy atom. The zero-order chi connectivity index (χ0) is 13.6. The molecule has 0 amide bonds. The third-order valence-electron chi connectivity index (χ3n) is 2.93. The molecule has 98 valence electrons. The number of carbonyl (C=O) groups is 2. The molecule has 6 nitrogen and oxygen atoms in total. The Bertz CT molecular complexity index is 401. The van der Waals surface area contributed by atoms with Crippen LogP contribution < -0.4 is 5.73 Å². The van der Waals surface area contributed by atoms with Crippen LogP contribution in [0.4, 0.5) is 0 Å². The molecule has 0 bridgehead atoms. The van der Waals surface area contributed by atoms with Crippen LogP contribution in [0, 0.1) is 0 Å². The highest BCUT2D eigenvalue weighted by atomic mass is 16.4. The van der Waals surface area contributed by atoms with Crippen LogP contribution in [0.3, 0.4) is 0 Å². The van der Waals surface area contributed by atoms with Gasteiger partial charge in [-0.2, -0.15) is 0 Å². The first kappa shape index (κ1) is 14.1. The Balaban J connectivity index is 0.000000232. The highest BCUT2D eigenvalue weighted by Gasteiger charge is 2.30. The van der Waals surface area contributed by atoms with E-state index in [0.717, 1.165) is 12.8 Å². The Labute approximate surface area is 104 Å². The van der Waals surface area contributed by atoms with E-state index in [4.69, 9.17) is 25.5 Å². The molecule has 1 saturated carbocycles. The molecule has 4 N–H and O–H groups in total. The lowest BCUT2D eigenvalue weighted by atomic mass is 9.90. The Kier molecular flexibility index (Phi) is 4.79. The number of aliphatic carboxylic acids is 2. The molecule has 0 radical (unpaired) electrons. The van der Waals surface area contributed by atoms with Crippen LogP contribution >= 0.6 is 0 Å². The van der Waals surface area contributed by atoms with E-state index < -0.39 is 11.9 Å². The second-order valence-corrected chi connectivity index (χ2v) is 4.21. The quantitative estimate of drug-likeness (QED) is 0.641. The maximum absolute atomic E-state index is 9.10. The van der Waals surface area contributed by atoms with Crippen LogP contribution in [0.1, 0.15) is 31.2 Å². The van der Waals surface area contributed by atoms with Crippen molar-refractivity contribution in [2.45, 2.75) is 31.2 Å². The van der Waals surface area contributed by atoms with Gasteiger partial charge in [0, 0.05) is 17.9 Å². The van der Waals surface area contributed by atoms with E-state index in [1.54, 1.807) is 0 Å². The zero-order valence-electron chi connectivity index (χ0n) is 9.87. The molecular weight excluding hydrogens is 236 g/mol. The average Bonchev–Trinajstić information content (AvgIpc) is 2.79. The van der Waals surface area contributed by atoms with Crippen molar-refractivity contribution in [1.29, 1.82) is 0 Å². The molecule has 2 rings (SSSR count). The number of carboxylic acids is 2. The maximum atomic E-state index is 9.10. The number of rotatable bonds is 1. The fraction of sp³-hybridized carbons (Fsp3) is 0.417. The summed E-state index contributed by atoms with van der Waals surface area (Å²) in [4.78, 5) is 22.2. The maximum Gasteiger partial charge on any atom is 0.414 e. The molecule has 1 aliphatic rings. The highest BCUT2D eigenvalue weighted by Crippen LogP contribution is 2.35. The van der Waals surface area contributed by atoms with Gasteiger partial charge in [-0.25, -0.2) is 9.59 Å². The second kappa shape index (κ2) is 6.11. The Hall–Kier alpha value is -1.95. The molecule has 6 heteroatoms. The molecule has 1 heterocycles. The normalized spacial score (nSPS) is 16.5. The van der Waals surface area contributed by atoms with Gasteiger partial charge in [-0.15, -0.1) is 0 Å². The highest BCUT2D eigenvalue weighted by molar-refractivity contribution is 6.27. The van der Waals surface area contributed by atoms with E-state index in [2.05, 4.69) is 4.98 Å². The van der Waals surface area contributed by atoms with Crippen LogP contribution in [0.15, 0.2) is 24.5 Å². The van der Waals surface area contributed by atoms with Gasteiger partial charge in [0.1, 0.15) is 0 Å². The molecule has 1 aromatic heterocycles. The predicted molar refractivity (Wildman–Crippen MR) is 63.8 cm³/mol. The van der Waals surface area contributed by atoms with E-state index in [1.165, 1.54) is 18.4 Å². The van der Waals surface area contributed by atoms with E-state index in [-0.39, 0.29) is 5.54 Å². The molecule has 1 aliphatic carbocycles. The fourth-order valence-corrected chi connectivity index (χ4v) is 1.98. The molecule has 1 aromatic rings. The summed E-state index contributed by atoms with van der Waals surface area (Å²) in [5.74, 6) is -3.65. The second-order valence-electron chi connectivity index (χ2n) is 4.21. The van der Waals surface area contributed by atoms with Crippen LogP contribution in [-0.4, -0.2) is 27.1 Å². The van der Waals surface area contributed by atoms with E-state index >= 15 is 0 Å². The monoisotopic (exact) mass is 252 g/mol. The number of hydrogen-bond donors (Lipinski definition) is 3. The summed E-state index contributed by atoms with van der Waals surface area (Å²) in [7, 11) is 0. The molecule has 0 aliphatic heterocycles. The Morgan fingerprint density at radius 3 is 1.94 bits per heavy atom. The minimum absolute atomic E-state index is 0.0526. The van der Waals surface area contributed by atoms with E-state index in [1.807, 2.05) is 24.5 Å². The number of nitrogens with two attached hydrogens (primary N) is 1. The van der Waals surface area contributed by atoms with Crippen molar-refractivity contribution < 1.29 is 19.8 Å². The summed E-state index contributed by atoms with van der Waals surface area (Å²) in [5.41, 5.74) is 7.45. The number of pyridine rings is 1. The van der Waals surface area contributed by atoms with Crippen molar-refractivity contribution in [3.8, 4) is 0 Å². The van der Waals surface area contributed by atoms with Crippen LogP contribution in [0.5, 0.6) is 0 Å². The first-order valence-corrected chi connectivity index (χ1v) is 5.61. The fourth-order valence-electron chi connectivity index (χ4n) is 1.98. The first-order chi connectivity index (χ1) is 8.46. The number of carboxylic acid groups (broad SMARTS) is 2. The minimum Gasteiger partial charge on any atom is -0.473 e. The van der Waals surface area contributed by atoms with Gasteiger partial charge in [-0.3, -0.25) is 4.98 Å². The first-order valence-electron chi connectivity index (χ1n) is 5.61. The molecular formula is C12H16N2O4. The standard InChI is InChI=1S/C10H14N2.C2H2O4/c11-10(5-1-2-6-10)9-3-7-12-8-4-9;3-1(4)2(5)6/h3-4,7-8H,1-2,5-6,11H2;(H,3,4)(H,5,6). The molecule has 0 atom stereocenters. The van der Waals surface area contributed by atoms with E-state index in [0.29, 0.717) is 0 Å². The lowest BCUT2D eigenvalue weighted by Crippen LogP contribution is -2.32. The molecule has 0 spiro atoms. The summed E-state index contributed by atoms with van der Waals surface area (Å²) in [5, 5.41) is 14.8.